The van der Waals surface area contributed by atoms with Crippen molar-refractivity contribution in [3.63, 3.8) is 0 Å². The van der Waals surface area contributed by atoms with E-state index in [4.69, 9.17) is 9.47 Å². The van der Waals surface area contributed by atoms with Gasteiger partial charge in [-0.25, -0.2) is 5.43 Å². The summed E-state index contributed by atoms with van der Waals surface area (Å²) in [6.45, 7) is 7.17. The van der Waals surface area contributed by atoms with Gasteiger partial charge in [-0.15, -0.1) is 0 Å². The van der Waals surface area contributed by atoms with E-state index in [2.05, 4.69) is 23.1 Å². The summed E-state index contributed by atoms with van der Waals surface area (Å²) in [5.41, 5.74) is 8.73. The van der Waals surface area contributed by atoms with E-state index in [0.717, 1.165) is 29.0 Å². The molecule has 3 N–H and O–H groups in total. The van der Waals surface area contributed by atoms with Crippen molar-refractivity contribution < 1.29 is 14.3 Å². The standard InChI is InChI=1S/C23H31N3O3/c1-4-28-19-13-12-18(15-20(19)29-5-2)22-16(3)25-26-23(22)24-21(27)14-11-17-9-7-6-8-10-17/h6-10,12-13,15-16,22-23,25-26H,4-5,11,14H2,1-3H3,(H,24,27). The first-order chi connectivity index (χ1) is 14.1. The van der Waals surface area contributed by atoms with Gasteiger partial charge in [0.05, 0.1) is 13.2 Å². The molecule has 2 aromatic rings. The Morgan fingerprint density at radius 1 is 1.00 bits per heavy atom. The number of hydrogen-bond acceptors (Lipinski definition) is 5. The fourth-order valence-corrected chi connectivity index (χ4v) is 3.72. The SMILES string of the molecule is CCOc1ccc(C2C(C)NNC2NC(=O)CCc2ccccc2)cc1OCC. The van der Waals surface area contributed by atoms with Gasteiger partial charge in [0.15, 0.2) is 11.5 Å². The molecule has 6 nitrogen and oxygen atoms in total. The van der Waals surface area contributed by atoms with Crippen molar-refractivity contribution in [2.75, 3.05) is 13.2 Å². The molecule has 3 atom stereocenters. The van der Waals surface area contributed by atoms with Crippen LogP contribution in [0.5, 0.6) is 11.5 Å². The number of ether oxygens (including phenoxy) is 2. The second-order valence-electron chi connectivity index (χ2n) is 7.21. The molecule has 0 bridgehead atoms. The summed E-state index contributed by atoms with van der Waals surface area (Å²) in [6, 6.07) is 16.2. The molecule has 6 heteroatoms. The molecule has 29 heavy (non-hydrogen) atoms. The Kier molecular flexibility index (Phi) is 7.49. The van der Waals surface area contributed by atoms with Gasteiger partial charge in [-0.2, -0.15) is 0 Å². The topological polar surface area (TPSA) is 71.6 Å². The predicted octanol–water partition coefficient (Wildman–Crippen LogP) is 3.14. The highest BCUT2D eigenvalue weighted by molar-refractivity contribution is 5.76. The molecule has 3 unspecified atom stereocenters. The Balaban J connectivity index is 1.68. The van der Waals surface area contributed by atoms with E-state index in [0.29, 0.717) is 19.6 Å². The van der Waals surface area contributed by atoms with Crippen molar-refractivity contribution in [3.05, 3.63) is 59.7 Å². The summed E-state index contributed by atoms with van der Waals surface area (Å²) in [4.78, 5) is 12.5. The van der Waals surface area contributed by atoms with Crippen LogP contribution in [0.2, 0.25) is 0 Å². The summed E-state index contributed by atoms with van der Waals surface area (Å²) in [7, 11) is 0. The van der Waals surface area contributed by atoms with Crippen LogP contribution >= 0.6 is 0 Å². The molecule has 1 aliphatic heterocycles. The highest BCUT2D eigenvalue weighted by atomic mass is 16.5. The van der Waals surface area contributed by atoms with Gasteiger partial charge >= 0.3 is 0 Å². The molecule has 1 fully saturated rings. The Bertz CT molecular complexity index is 797. The predicted molar refractivity (Wildman–Crippen MR) is 114 cm³/mol. The zero-order valence-electron chi connectivity index (χ0n) is 17.4. The average Bonchev–Trinajstić information content (AvgIpc) is 3.09. The molecular weight excluding hydrogens is 366 g/mol. The lowest BCUT2D eigenvalue weighted by atomic mass is 9.91. The van der Waals surface area contributed by atoms with Crippen LogP contribution < -0.4 is 25.6 Å². The number of aryl methyl sites for hydroxylation is 1. The molecule has 1 aliphatic rings. The maximum atomic E-state index is 12.5. The van der Waals surface area contributed by atoms with Gasteiger partial charge in [0, 0.05) is 18.4 Å². The Morgan fingerprint density at radius 3 is 2.45 bits per heavy atom. The first kappa shape index (κ1) is 21.1. The summed E-state index contributed by atoms with van der Waals surface area (Å²) < 4.78 is 11.4. The molecule has 156 valence electrons. The minimum atomic E-state index is -0.194. The summed E-state index contributed by atoms with van der Waals surface area (Å²) in [5.74, 6) is 1.59. The lowest BCUT2D eigenvalue weighted by Crippen LogP contribution is -2.46. The van der Waals surface area contributed by atoms with Gasteiger partial charge in [0.2, 0.25) is 5.91 Å². The van der Waals surface area contributed by atoms with Crippen LogP contribution in [0.25, 0.3) is 0 Å². The van der Waals surface area contributed by atoms with Crippen molar-refractivity contribution in [1.29, 1.82) is 0 Å². The van der Waals surface area contributed by atoms with Crippen LogP contribution in [0.4, 0.5) is 0 Å². The zero-order valence-corrected chi connectivity index (χ0v) is 17.4. The molecule has 0 aromatic heterocycles. The van der Waals surface area contributed by atoms with Crippen molar-refractivity contribution in [2.24, 2.45) is 0 Å². The normalized spacial score (nSPS) is 21.0. The number of hydrazine groups is 1. The highest BCUT2D eigenvalue weighted by Crippen LogP contribution is 2.34. The number of carbonyl (C=O) groups excluding carboxylic acids is 1. The van der Waals surface area contributed by atoms with Crippen molar-refractivity contribution >= 4 is 5.91 Å². The summed E-state index contributed by atoms with van der Waals surface area (Å²) in [6.07, 6.45) is 0.988. The number of amides is 1. The van der Waals surface area contributed by atoms with E-state index < -0.39 is 0 Å². The largest absolute Gasteiger partial charge is 0.490 e. The molecule has 0 radical (unpaired) electrons. The molecule has 1 saturated heterocycles. The smallest absolute Gasteiger partial charge is 0.221 e. The van der Waals surface area contributed by atoms with Crippen molar-refractivity contribution in [1.82, 2.24) is 16.2 Å². The summed E-state index contributed by atoms with van der Waals surface area (Å²) in [5, 5.41) is 3.13. The monoisotopic (exact) mass is 397 g/mol. The van der Waals surface area contributed by atoms with E-state index in [1.54, 1.807) is 0 Å². The van der Waals surface area contributed by atoms with Gasteiger partial charge in [0.1, 0.15) is 6.17 Å². The first-order valence-electron chi connectivity index (χ1n) is 10.4. The number of hydrogen-bond donors (Lipinski definition) is 3. The van der Waals surface area contributed by atoms with Gasteiger partial charge in [-0.05, 0) is 50.5 Å². The van der Waals surface area contributed by atoms with E-state index in [-0.39, 0.29) is 24.0 Å². The van der Waals surface area contributed by atoms with Crippen LogP contribution in [-0.4, -0.2) is 31.3 Å². The minimum absolute atomic E-state index is 0.0308. The molecular formula is C23H31N3O3. The first-order valence-corrected chi connectivity index (χ1v) is 10.4. The van der Waals surface area contributed by atoms with E-state index in [1.165, 1.54) is 0 Å². The fraction of sp³-hybridized carbons (Fsp3) is 0.435. The Labute approximate surface area is 173 Å². The van der Waals surface area contributed by atoms with Crippen molar-refractivity contribution in [2.45, 2.75) is 51.7 Å². The van der Waals surface area contributed by atoms with Crippen LogP contribution in [0.3, 0.4) is 0 Å². The third kappa shape index (κ3) is 5.49. The zero-order chi connectivity index (χ0) is 20.6. The van der Waals surface area contributed by atoms with E-state index in [1.807, 2.05) is 62.4 Å². The van der Waals surface area contributed by atoms with Crippen LogP contribution in [0.15, 0.2) is 48.5 Å². The van der Waals surface area contributed by atoms with Gasteiger partial charge in [-0.1, -0.05) is 36.4 Å². The second-order valence-corrected chi connectivity index (χ2v) is 7.21. The third-order valence-electron chi connectivity index (χ3n) is 5.12. The number of rotatable bonds is 9. The maximum Gasteiger partial charge on any atom is 0.221 e. The second kappa shape index (κ2) is 10.3. The highest BCUT2D eigenvalue weighted by Gasteiger charge is 2.35. The molecule has 0 saturated carbocycles. The number of benzene rings is 2. The summed E-state index contributed by atoms with van der Waals surface area (Å²) >= 11 is 0. The van der Waals surface area contributed by atoms with Gasteiger partial charge < -0.3 is 14.8 Å². The lowest BCUT2D eigenvalue weighted by Gasteiger charge is -2.23. The molecule has 1 amide bonds. The molecule has 0 spiro atoms. The molecule has 1 heterocycles. The average molecular weight is 398 g/mol. The molecule has 0 aliphatic carbocycles. The van der Waals surface area contributed by atoms with Gasteiger partial charge in [0.25, 0.3) is 0 Å². The van der Waals surface area contributed by atoms with Crippen LogP contribution in [0.1, 0.15) is 44.2 Å². The quantitative estimate of drug-likeness (QED) is 0.606. The maximum absolute atomic E-state index is 12.5. The van der Waals surface area contributed by atoms with E-state index in [9.17, 15) is 4.79 Å². The van der Waals surface area contributed by atoms with Gasteiger partial charge in [-0.3, -0.25) is 10.2 Å². The molecule has 2 aromatic carbocycles. The van der Waals surface area contributed by atoms with Crippen molar-refractivity contribution in [3.8, 4) is 11.5 Å². The lowest BCUT2D eigenvalue weighted by molar-refractivity contribution is -0.122. The minimum Gasteiger partial charge on any atom is -0.490 e. The van der Waals surface area contributed by atoms with Crippen LogP contribution in [-0.2, 0) is 11.2 Å². The number of nitrogens with one attached hydrogen (secondary N) is 3. The Hall–Kier alpha value is -2.57. The third-order valence-corrected chi connectivity index (χ3v) is 5.12. The van der Waals surface area contributed by atoms with Crippen LogP contribution in [0, 0.1) is 0 Å². The fourth-order valence-electron chi connectivity index (χ4n) is 3.72. The molecule has 3 rings (SSSR count). The van der Waals surface area contributed by atoms with E-state index >= 15 is 0 Å². The Morgan fingerprint density at radius 2 is 1.72 bits per heavy atom. The number of carbonyl (C=O) groups is 1.